The first kappa shape index (κ1) is 25.4. The average Bonchev–Trinajstić information content (AvgIpc) is 2.77. The Balaban J connectivity index is 0.000000222. The summed E-state index contributed by atoms with van der Waals surface area (Å²) in [5, 5.41) is 3.08. The van der Waals surface area contributed by atoms with Crippen molar-refractivity contribution >= 4 is 11.8 Å². The van der Waals surface area contributed by atoms with Crippen molar-refractivity contribution in [2.24, 2.45) is 11.8 Å². The summed E-state index contributed by atoms with van der Waals surface area (Å²) in [5.41, 5.74) is 2.97. The molecule has 4 rings (SSSR count). The van der Waals surface area contributed by atoms with Crippen LogP contribution >= 0.6 is 0 Å². The highest BCUT2D eigenvalue weighted by Gasteiger charge is 2.44. The number of fused-ring (bicyclic) bond motifs is 1. The molecule has 184 valence electrons. The minimum absolute atomic E-state index is 0.0486. The van der Waals surface area contributed by atoms with Gasteiger partial charge in [-0.2, -0.15) is 5.48 Å². The Labute approximate surface area is 192 Å². The molecule has 2 saturated carbocycles. The number of piperazine rings is 1. The maximum absolute atomic E-state index is 14.2. The Morgan fingerprint density at radius 2 is 1.78 bits per heavy atom. The van der Waals surface area contributed by atoms with Crippen molar-refractivity contribution in [3.63, 3.8) is 0 Å². The average molecular weight is 455 g/mol. The first-order chi connectivity index (χ1) is 15.3. The molecule has 2 N–H and O–H groups in total. The van der Waals surface area contributed by atoms with Crippen LogP contribution in [0.3, 0.4) is 0 Å². The van der Waals surface area contributed by atoms with E-state index in [1.807, 2.05) is 4.90 Å². The van der Waals surface area contributed by atoms with Gasteiger partial charge in [-0.05, 0) is 52.0 Å². The van der Waals surface area contributed by atoms with Crippen molar-refractivity contribution in [1.82, 2.24) is 20.6 Å². The summed E-state index contributed by atoms with van der Waals surface area (Å²) < 4.78 is 14.2. The number of rotatable bonds is 2. The normalized spacial score (nSPS) is 36.5. The molecule has 2 amide bonds. The highest BCUT2D eigenvalue weighted by atomic mass is 19.1. The van der Waals surface area contributed by atoms with Gasteiger partial charge in [0.05, 0.1) is 0 Å². The van der Waals surface area contributed by atoms with E-state index in [1.165, 1.54) is 19.3 Å². The smallest absolute Gasteiger partial charge is 0.251 e. The summed E-state index contributed by atoms with van der Waals surface area (Å²) in [6.45, 7) is 8.75. The number of nitrogens with zero attached hydrogens (tertiary/aromatic N) is 2. The van der Waals surface area contributed by atoms with E-state index in [9.17, 15) is 14.0 Å². The molecule has 6 unspecified atom stereocenters. The molecule has 6 atom stereocenters. The van der Waals surface area contributed by atoms with E-state index < -0.39 is 12.3 Å². The minimum atomic E-state index is -0.812. The van der Waals surface area contributed by atoms with Crippen LogP contribution in [0.1, 0.15) is 72.1 Å². The zero-order valence-corrected chi connectivity index (χ0v) is 20.3. The molecule has 0 spiro atoms. The number of alkyl halides is 1. The lowest BCUT2D eigenvalue weighted by molar-refractivity contribution is -0.164. The molecule has 2 heterocycles. The van der Waals surface area contributed by atoms with Crippen molar-refractivity contribution in [3.05, 3.63) is 0 Å². The monoisotopic (exact) mass is 454 g/mol. The van der Waals surface area contributed by atoms with Crippen LogP contribution in [0.2, 0.25) is 0 Å². The number of hydrogen-bond acceptors (Lipinski definition) is 5. The molecule has 0 aromatic rings. The molecule has 4 aliphatic rings. The Kier molecular flexibility index (Phi) is 9.32. The lowest BCUT2D eigenvalue weighted by Gasteiger charge is -2.44. The second kappa shape index (κ2) is 11.7. The number of nitrogens with one attached hydrogen (secondary N) is 2. The van der Waals surface area contributed by atoms with Gasteiger partial charge < -0.3 is 15.1 Å². The topological polar surface area (TPSA) is 73.9 Å². The largest absolute Gasteiger partial charge is 0.351 e. The van der Waals surface area contributed by atoms with Crippen molar-refractivity contribution in [1.29, 1.82) is 0 Å². The Hall–Kier alpha value is -1.25. The summed E-state index contributed by atoms with van der Waals surface area (Å²) in [5.74, 6) is 0.442. The van der Waals surface area contributed by atoms with Gasteiger partial charge in [0, 0.05) is 50.6 Å². The highest BCUT2D eigenvalue weighted by molar-refractivity contribution is 5.81. The third-order valence-electron chi connectivity index (χ3n) is 7.75. The second-order valence-electron chi connectivity index (χ2n) is 10.4. The quantitative estimate of drug-likeness (QED) is 0.671. The molecule has 2 aliphatic carbocycles. The lowest BCUT2D eigenvalue weighted by atomic mass is 9.74. The van der Waals surface area contributed by atoms with E-state index >= 15 is 0 Å². The summed E-state index contributed by atoms with van der Waals surface area (Å²) in [7, 11) is 2.09. The molecule has 7 nitrogen and oxygen atoms in total. The van der Waals surface area contributed by atoms with E-state index in [-0.39, 0.29) is 29.8 Å². The van der Waals surface area contributed by atoms with Crippen LogP contribution < -0.4 is 10.8 Å². The first-order valence-electron chi connectivity index (χ1n) is 12.6. The third-order valence-corrected chi connectivity index (χ3v) is 7.75. The summed E-state index contributed by atoms with van der Waals surface area (Å²) in [6.07, 6.45) is 6.39. The molecular formula is C24H43FN4O3. The van der Waals surface area contributed by atoms with Crippen molar-refractivity contribution in [2.45, 2.75) is 103 Å². The highest BCUT2D eigenvalue weighted by Crippen LogP contribution is 2.37. The molecule has 4 fully saturated rings. The van der Waals surface area contributed by atoms with Gasteiger partial charge in [-0.25, -0.2) is 4.39 Å². The summed E-state index contributed by atoms with van der Waals surface area (Å²) >= 11 is 0. The molecule has 0 aromatic heterocycles. The van der Waals surface area contributed by atoms with Gasteiger partial charge in [0.1, 0.15) is 6.17 Å². The zero-order chi connectivity index (χ0) is 23.3. The number of carbonyl (C=O) groups excluding carboxylic acids is 2. The van der Waals surface area contributed by atoms with Gasteiger partial charge in [0.15, 0.2) is 6.10 Å². The van der Waals surface area contributed by atoms with Gasteiger partial charge in [-0.3, -0.25) is 14.4 Å². The van der Waals surface area contributed by atoms with Gasteiger partial charge in [-0.15, -0.1) is 0 Å². The van der Waals surface area contributed by atoms with Crippen molar-refractivity contribution in [3.8, 4) is 0 Å². The Morgan fingerprint density at radius 1 is 1.06 bits per heavy atom. The number of amides is 2. The molecule has 2 saturated heterocycles. The van der Waals surface area contributed by atoms with Gasteiger partial charge >= 0.3 is 0 Å². The molecule has 32 heavy (non-hydrogen) atoms. The van der Waals surface area contributed by atoms with E-state index in [4.69, 9.17) is 4.84 Å². The van der Waals surface area contributed by atoms with E-state index in [2.05, 4.69) is 36.6 Å². The Bertz CT molecular complexity index is 630. The lowest BCUT2D eigenvalue weighted by Crippen LogP contribution is -2.58. The summed E-state index contributed by atoms with van der Waals surface area (Å²) in [4.78, 5) is 33.1. The van der Waals surface area contributed by atoms with Gasteiger partial charge in [0.2, 0.25) is 5.91 Å². The van der Waals surface area contributed by atoms with E-state index in [0.717, 1.165) is 38.9 Å². The van der Waals surface area contributed by atoms with Crippen LogP contribution in [0.25, 0.3) is 0 Å². The van der Waals surface area contributed by atoms with Crippen LogP contribution in [-0.4, -0.2) is 78.7 Å². The SMILES string of the molecule is CC(=O)N1CCN(C)CC1C.CC1CCC(F)C2CC(C(=O)NC3CCCCC3)ONC12. The number of hydrogen-bond donors (Lipinski definition) is 2. The van der Waals surface area contributed by atoms with Crippen molar-refractivity contribution in [2.75, 3.05) is 26.7 Å². The standard InChI is InChI=1S/C16H27FN2O2.C8H16N2O/c1-10-7-8-13(17)12-9-14(21-19-15(10)12)16(20)18-11-5-3-2-4-6-11;1-7-6-9(3)4-5-10(7)8(2)11/h10-15,19H,2-9H2,1H3,(H,18,20);7H,4-6H2,1-3H3. The predicted molar refractivity (Wildman–Crippen MR) is 123 cm³/mol. The van der Waals surface area contributed by atoms with E-state index in [1.54, 1.807) is 6.92 Å². The van der Waals surface area contributed by atoms with Crippen LogP contribution in [-0.2, 0) is 14.4 Å². The molecule has 0 radical (unpaired) electrons. The maximum atomic E-state index is 14.2. The molecular weight excluding hydrogens is 411 g/mol. The first-order valence-corrected chi connectivity index (χ1v) is 12.6. The van der Waals surface area contributed by atoms with Crippen LogP contribution in [0.15, 0.2) is 0 Å². The maximum Gasteiger partial charge on any atom is 0.251 e. The molecule has 2 aliphatic heterocycles. The van der Waals surface area contributed by atoms with E-state index in [0.29, 0.717) is 24.8 Å². The predicted octanol–water partition coefficient (Wildman–Crippen LogP) is 2.65. The zero-order valence-electron chi connectivity index (χ0n) is 20.3. The number of likely N-dealkylation sites (N-methyl/N-ethyl adjacent to an activating group) is 1. The molecule has 0 bridgehead atoms. The number of halogens is 1. The van der Waals surface area contributed by atoms with Crippen molar-refractivity contribution < 1.29 is 18.8 Å². The fraction of sp³-hybridized carbons (Fsp3) is 0.917. The minimum Gasteiger partial charge on any atom is -0.351 e. The second-order valence-corrected chi connectivity index (χ2v) is 10.4. The molecule has 0 aromatic carbocycles. The third kappa shape index (κ3) is 6.64. The fourth-order valence-electron chi connectivity index (χ4n) is 5.73. The van der Waals surface area contributed by atoms with Crippen LogP contribution in [0, 0.1) is 11.8 Å². The summed E-state index contributed by atoms with van der Waals surface area (Å²) in [6, 6.07) is 0.706. The van der Waals surface area contributed by atoms with Crippen LogP contribution in [0.4, 0.5) is 4.39 Å². The van der Waals surface area contributed by atoms with Crippen LogP contribution in [0.5, 0.6) is 0 Å². The van der Waals surface area contributed by atoms with Gasteiger partial charge in [0.25, 0.3) is 5.91 Å². The fourth-order valence-corrected chi connectivity index (χ4v) is 5.73. The number of carbonyl (C=O) groups is 2. The number of hydroxylamine groups is 1. The molecule has 8 heteroatoms. The van der Waals surface area contributed by atoms with Gasteiger partial charge in [-0.1, -0.05) is 26.2 Å². The Morgan fingerprint density at radius 3 is 2.44 bits per heavy atom.